The Morgan fingerprint density at radius 1 is 1.20 bits per heavy atom. The molecule has 2 heterocycles. The van der Waals surface area contributed by atoms with Crippen molar-refractivity contribution in [1.82, 2.24) is 9.97 Å². The third kappa shape index (κ3) is 3.36. The van der Waals surface area contributed by atoms with E-state index in [1.807, 2.05) is 25.1 Å². The Kier molecular flexibility index (Phi) is 4.49. The molecule has 1 aromatic carbocycles. The molecule has 7 nitrogen and oxygen atoms in total. The number of aliphatic hydroxyl groups excluding tert-OH is 1. The molecular weight excluding hydrogens is 320 g/mol. The molecule has 0 saturated carbocycles. The van der Waals surface area contributed by atoms with Crippen LogP contribution in [0.4, 0.5) is 16.3 Å². The molecule has 25 heavy (non-hydrogen) atoms. The second-order valence-electron chi connectivity index (χ2n) is 5.63. The Balaban J connectivity index is 2.15. The number of aryl methyl sites for hydroxylation is 1. The van der Waals surface area contributed by atoms with Crippen LogP contribution in [-0.2, 0) is 13.0 Å². The van der Waals surface area contributed by atoms with E-state index in [9.17, 15) is 9.90 Å². The van der Waals surface area contributed by atoms with Crippen LogP contribution in [0.25, 0.3) is 21.9 Å². The summed E-state index contributed by atoms with van der Waals surface area (Å²) in [6.45, 7) is 1.92. The number of nitrogens with one attached hydrogen (secondary N) is 1. The summed E-state index contributed by atoms with van der Waals surface area (Å²) in [4.78, 5) is 19.1. The molecule has 0 aliphatic rings. The minimum Gasteiger partial charge on any atom is -0.465 e. The zero-order valence-electron chi connectivity index (χ0n) is 13.7. The average molecular weight is 338 g/mol. The molecule has 3 rings (SSSR count). The van der Waals surface area contributed by atoms with Crippen LogP contribution in [-0.4, -0.2) is 26.3 Å². The van der Waals surface area contributed by atoms with E-state index in [-0.39, 0.29) is 12.4 Å². The molecule has 3 aromatic rings. The second-order valence-corrected chi connectivity index (χ2v) is 5.63. The molecular formula is C18H18N4O3. The number of pyridine rings is 2. The van der Waals surface area contributed by atoms with Crippen molar-refractivity contribution in [1.29, 1.82) is 0 Å². The number of hydrogen-bond donors (Lipinski definition) is 4. The lowest BCUT2D eigenvalue weighted by Crippen LogP contribution is -2.08. The topological polar surface area (TPSA) is 121 Å². The molecule has 0 aliphatic carbocycles. The van der Waals surface area contributed by atoms with Crippen LogP contribution < -0.4 is 11.1 Å². The number of nitrogens with two attached hydrogens (primary N) is 1. The molecule has 1 amide bonds. The Labute approximate surface area is 144 Å². The predicted octanol–water partition coefficient (Wildman–Crippen LogP) is 3.02. The maximum atomic E-state index is 10.8. The van der Waals surface area contributed by atoms with Crippen LogP contribution >= 0.6 is 0 Å². The Hall–Kier alpha value is -3.19. The van der Waals surface area contributed by atoms with Crippen LogP contribution in [0.5, 0.6) is 0 Å². The third-order valence-corrected chi connectivity index (χ3v) is 4.00. The zero-order valence-corrected chi connectivity index (χ0v) is 13.7. The van der Waals surface area contributed by atoms with Gasteiger partial charge in [-0.15, -0.1) is 0 Å². The number of aliphatic hydroxyl groups is 1. The summed E-state index contributed by atoms with van der Waals surface area (Å²) in [7, 11) is 0. The van der Waals surface area contributed by atoms with E-state index in [4.69, 9.17) is 10.8 Å². The fourth-order valence-electron chi connectivity index (χ4n) is 2.80. The van der Waals surface area contributed by atoms with Gasteiger partial charge in [0.15, 0.2) is 0 Å². The minimum absolute atomic E-state index is 0.108. The summed E-state index contributed by atoms with van der Waals surface area (Å²) in [6.07, 6.45) is 2.88. The molecule has 7 heteroatoms. The fourth-order valence-corrected chi connectivity index (χ4v) is 2.80. The number of aromatic nitrogens is 2. The molecule has 0 radical (unpaired) electrons. The standard InChI is InChI=1S/C18H18N4O3/c1-2-10-4-13(9-23)20-7-14(10)11-3-12-6-17(22-18(24)25)21-8-15(12)16(19)5-11/h3-8,23H,2,9,19H2,1H3,(H,21,22)(H,24,25). The van der Waals surface area contributed by atoms with Gasteiger partial charge in [-0.2, -0.15) is 0 Å². The van der Waals surface area contributed by atoms with Crippen LogP contribution in [0.1, 0.15) is 18.2 Å². The number of rotatable bonds is 4. The summed E-state index contributed by atoms with van der Waals surface area (Å²) >= 11 is 0. The first kappa shape index (κ1) is 16.7. The number of nitrogens with zero attached hydrogens (tertiary/aromatic N) is 2. The van der Waals surface area contributed by atoms with Gasteiger partial charge >= 0.3 is 6.09 Å². The van der Waals surface area contributed by atoms with E-state index >= 15 is 0 Å². The summed E-state index contributed by atoms with van der Waals surface area (Å²) in [5.74, 6) is 0.237. The van der Waals surface area contributed by atoms with Crippen molar-refractivity contribution in [3.63, 3.8) is 0 Å². The number of amides is 1. The van der Waals surface area contributed by atoms with Crippen molar-refractivity contribution < 1.29 is 15.0 Å². The number of carbonyl (C=O) groups is 1. The summed E-state index contributed by atoms with van der Waals surface area (Å²) in [5, 5.41) is 21.9. The first-order valence-corrected chi connectivity index (χ1v) is 7.80. The van der Waals surface area contributed by atoms with Crippen molar-refractivity contribution in [3.8, 4) is 11.1 Å². The predicted molar refractivity (Wildman–Crippen MR) is 96.3 cm³/mol. The molecule has 2 aromatic heterocycles. The van der Waals surface area contributed by atoms with Crippen LogP contribution in [0.2, 0.25) is 0 Å². The number of benzene rings is 1. The Morgan fingerprint density at radius 3 is 2.68 bits per heavy atom. The van der Waals surface area contributed by atoms with E-state index in [1.54, 1.807) is 18.5 Å². The first-order valence-electron chi connectivity index (χ1n) is 7.80. The van der Waals surface area contributed by atoms with E-state index in [1.165, 1.54) is 0 Å². The summed E-state index contributed by atoms with van der Waals surface area (Å²) in [6, 6.07) is 7.29. The van der Waals surface area contributed by atoms with Crippen molar-refractivity contribution in [3.05, 3.63) is 47.9 Å². The number of hydrogen-bond acceptors (Lipinski definition) is 5. The van der Waals surface area contributed by atoms with Gasteiger partial charge in [0.2, 0.25) is 0 Å². The van der Waals surface area contributed by atoms with Gasteiger partial charge in [0.1, 0.15) is 5.82 Å². The molecule has 5 N–H and O–H groups in total. The lowest BCUT2D eigenvalue weighted by Gasteiger charge is -2.12. The Bertz CT molecular complexity index is 956. The normalized spacial score (nSPS) is 10.8. The largest absolute Gasteiger partial charge is 0.465 e. The molecule has 128 valence electrons. The van der Waals surface area contributed by atoms with Gasteiger partial charge in [-0.3, -0.25) is 10.3 Å². The Morgan fingerprint density at radius 2 is 2.00 bits per heavy atom. The minimum atomic E-state index is -1.17. The van der Waals surface area contributed by atoms with Gasteiger partial charge in [0, 0.05) is 29.0 Å². The second kappa shape index (κ2) is 6.74. The fraction of sp³-hybridized carbons (Fsp3) is 0.167. The van der Waals surface area contributed by atoms with Gasteiger partial charge < -0.3 is 15.9 Å². The quantitative estimate of drug-likeness (QED) is 0.543. The van der Waals surface area contributed by atoms with E-state index in [2.05, 4.69) is 15.3 Å². The van der Waals surface area contributed by atoms with E-state index < -0.39 is 6.09 Å². The SMILES string of the molecule is CCc1cc(CO)ncc1-c1cc(N)c2cnc(NC(=O)O)cc2c1. The van der Waals surface area contributed by atoms with E-state index in [0.717, 1.165) is 33.9 Å². The number of anilines is 2. The molecule has 0 saturated heterocycles. The van der Waals surface area contributed by atoms with Crippen LogP contribution in [0.15, 0.2) is 36.7 Å². The first-order chi connectivity index (χ1) is 12.0. The van der Waals surface area contributed by atoms with Gasteiger partial charge in [-0.05, 0) is 47.2 Å². The van der Waals surface area contributed by atoms with Crippen molar-refractivity contribution in [2.75, 3.05) is 11.1 Å². The van der Waals surface area contributed by atoms with Crippen LogP contribution in [0.3, 0.4) is 0 Å². The van der Waals surface area contributed by atoms with Crippen molar-refractivity contribution in [2.24, 2.45) is 0 Å². The van der Waals surface area contributed by atoms with Gasteiger partial charge in [-0.25, -0.2) is 9.78 Å². The average Bonchev–Trinajstić information content (AvgIpc) is 2.60. The maximum Gasteiger partial charge on any atom is 0.410 e. The van der Waals surface area contributed by atoms with Gasteiger partial charge in [0.05, 0.1) is 12.3 Å². The van der Waals surface area contributed by atoms with Crippen LogP contribution in [0, 0.1) is 0 Å². The number of nitrogen functional groups attached to an aromatic ring is 1. The summed E-state index contributed by atoms with van der Waals surface area (Å²) < 4.78 is 0. The summed E-state index contributed by atoms with van der Waals surface area (Å²) in [5.41, 5.74) is 10.2. The third-order valence-electron chi connectivity index (χ3n) is 4.00. The zero-order chi connectivity index (χ0) is 18.0. The van der Waals surface area contributed by atoms with Gasteiger partial charge in [-0.1, -0.05) is 6.92 Å². The highest BCUT2D eigenvalue weighted by Gasteiger charge is 2.10. The lowest BCUT2D eigenvalue weighted by molar-refractivity contribution is 0.209. The monoisotopic (exact) mass is 338 g/mol. The van der Waals surface area contributed by atoms with E-state index in [0.29, 0.717) is 11.4 Å². The highest BCUT2D eigenvalue weighted by molar-refractivity contribution is 5.98. The smallest absolute Gasteiger partial charge is 0.410 e. The molecule has 0 bridgehead atoms. The molecule has 0 fully saturated rings. The van der Waals surface area contributed by atoms with Crippen molar-refractivity contribution >= 4 is 28.4 Å². The maximum absolute atomic E-state index is 10.8. The highest BCUT2D eigenvalue weighted by Crippen LogP contribution is 2.32. The molecule has 0 atom stereocenters. The lowest BCUT2D eigenvalue weighted by atomic mass is 9.96. The van der Waals surface area contributed by atoms with Crippen molar-refractivity contribution in [2.45, 2.75) is 20.0 Å². The number of carboxylic acid groups (broad SMARTS) is 1. The molecule has 0 spiro atoms. The molecule has 0 aliphatic heterocycles. The number of fused-ring (bicyclic) bond motifs is 1. The highest BCUT2D eigenvalue weighted by atomic mass is 16.4. The van der Waals surface area contributed by atoms with Gasteiger partial charge in [0.25, 0.3) is 0 Å². The molecule has 0 unspecified atom stereocenters.